The zero-order valence-electron chi connectivity index (χ0n) is 9.90. The van der Waals surface area contributed by atoms with Crippen LogP contribution in [0.2, 0.25) is 0 Å². The van der Waals surface area contributed by atoms with Gasteiger partial charge >= 0.3 is 5.97 Å². The third-order valence-electron chi connectivity index (χ3n) is 3.37. The van der Waals surface area contributed by atoms with Crippen LogP contribution in [0.4, 0.5) is 0 Å². The molecule has 1 N–H and O–H groups in total. The van der Waals surface area contributed by atoms with Crippen LogP contribution in [0.15, 0.2) is 0 Å². The van der Waals surface area contributed by atoms with E-state index < -0.39 is 12.6 Å². The molecule has 1 aliphatic carbocycles. The number of aliphatic hydroxyl groups is 1. The van der Waals surface area contributed by atoms with Gasteiger partial charge in [0.05, 0.1) is 0 Å². The smallest absolute Gasteiger partial charge is 0.332 e. The minimum atomic E-state index is -0.504. The Hall–Kier alpha value is -0.570. The molecule has 88 valence electrons. The summed E-state index contributed by atoms with van der Waals surface area (Å²) in [5.74, 6) is 1.13. The van der Waals surface area contributed by atoms with E-state index in [-0.39, 0.29) is 6.10 Å². The zero-order valence-corrected chi connectivity index (χ0v) is 9.90. The van der Waals surface area contributed by atoms with Crippen molar-refractivity contribution in [1.82, 2.24) is 0 Å². The van der Waals surface area contributed by atoms with Crippen LogP contribution in [0.1, 0.15) is 40.0 Å². The van der Waals surface area contributed by atoms with E-state index in [0.717, 1.165) is 12.8 Å². The average molecular weight is 214 g/mol. The Morgan fingerprint density at radius 2 is 2.13 bits per heavy atom. The van der Waals surface area contributed by atoms with Crippen LogP contribution < -0.4 is 0 Å². The molecule has 0 aromatic heterocycles. The Morgan fingerprint density at radius 1 is 1.47 bits per heavy atom. The van der Waals surface area contributed by atoms with Gasteiger partial charge in [-0.2, -0.15) is 0 Å². The number of carbonyl (C=O) groups is 1. The normalized spacial score (nSPS) is 31.7. The van der Waals surface area contributed by atoms with E-state index in [1.54, 1.807) is 0 Å². The number of esters is 1. The van der Waals surface area contributed by atoms with Gasteiger partial charge in [0.2, 0.25) is 0 Å². The molecule has 0 amide bonds. The first-order chi connectivity index (χ1) is 7.04. The maximum atomic E-state index is 11.1. The maximum absolute atomic E-state index is 11.1. The highest BCUT2D eigenvalue weighted by molar-refractivity contribution is 5.70. The van der Waals surface area contributed by atoms with Crippen LogP contribution >= 0.6 is 0 Å². The van der Waals surface area contributed by atoms with Crippen molar-refractivity contribution in [2.45, 2.75) is 46.1 Å². The molecule has 3 atom stereocenters. The van der Waals surface area contributed by atoms with Gasteiger partial charge in [-0.1, -0.05) is 27.2 Å². The van der Waals surface area contributed by atoms with Crippen LogP contribution in [-0.2, 0) is 9.53 Å². The van der Waals surface area contributed by atoms with E-state index in [9.17, 15) is 4.79 Å². The van der Waals surface area contributed by atoms with E-state index in [0.29, 0.717) is 17.8 Å². The second-order valence-corrected chi connectivity index (χ2v) is 5.01. The Labute approximate surface area is 91.8 Å². The number of carbonyl (C=O) groups excluding carboxylic acids is 1. The minimum absolute atomic E-state index is 0.00778. The summed E-state index contributed by atoms with van der Waals surface area (Å²) >= 11 is 0. The maximum Gasteiger partial charge on any atom is 0.332 e. The molecule has 0 aliphatic heterocycles. The predicted octanol–water partition coefficient (Wildman–Crippen LogP) is 1.98. The lowest BCUT2D eigenvalue weighted by Crippen LogP contribution is -2.36. The van der Waals surface area contributed by atoms with Gasteiger partial charge in [-0.05, 0) is 30.6 Å². The summed E-state index contributed by atoms with van der Waals surface area (Å²) in [4.78, 5) is 11.1. The Kier molecular flexibility index (Phi) is 4.58. The first-order valence-corrected chi connectivity index (χ1v) is 5.85. The molecule has 0 unspecified atom stereocenters. The summed E-state index contributed by atoms with van der Waals surface area (Å²) in [7, 11) is 0. The van der Waals surface area contributed by atoms with Crippen molar-refractivity contribution in [3.8, 4) is 0 Å². The molecule has 1 aliphatic rings. The fraction of sp³-hybridized carbons (Fsp3) is 0.917. The Morgan fingerprint density at radius 3 is 2.67 bits per heavy atom. The van der Waals surface area contributed by atoms with Gasteiger partial charge in [-0.3, -0.25) is 0 Å². The summed E-state index contributed by atoms with van der Waals surface area (Å²) in [5, 5.41) is 8.68. The molecule has 3 nitrogen and oxygen atoms in total. The van der Waals surface area contributed by atoms with Crippen molar-refractivity contribution in [2.24, 2.45) is 17.8 Å². The van der Waals surface area contributed by atoms with Crippen molar-refractivity contribution in [1.29, 1.82) is 0 Å². The van der Waals surface area contributed by atoms with E-state index in [1.807, 2.05) is 0 Å². The van der Waals surface area contributed by atoms with E-state index in [4.69, 9.17) is 9.84 Å². The summed E-state index contributed by atoms with van der Waals surface area (Å²) in [6.45, 7) is 6.02. The van der Waals surface area contributed by atoms with Gasteiger partial charge in [0, 0.05) is 0 Å². The quantitative estimate of drug-likeness (QED) is 0.731. The van der Waals surface area contributed by atoms with Crippen molar-refractivity contribution >= 4 is 5.97 Å². The molecule has 0 spiro atoms. The second kappa shape index (κ2) is 5.50. The lowest BCUT2D eigenvalue weighted by atomic mass is 9.75. The van der Waals surface area contributed by atoms with Crippen molar-refractivity contribution in [2.75, 3.05) is 6.61 Å². The second-order valence-electron chi connectivity index (χ2n) is 5.01. The van der Waals surface area contributed by atoms with E-state index >= 15 is 0 Å². The van der Waals surface area contributed by atoms with Crippen LogP contribution in [0, 0.1) is 17.8 Å². The summed E-state index contributed by atoms with van der Waals surface area (Å²) in [5.41, 5.74) is 0. The fourth-order valence-corrected chi connectivity index (χ4v) is 2.46. The largest absolute Gasteiger partial charge is 0.460 e. The van der Waals surface area contributed by atoms with Crippen molar-refractivity contribution in [3.05, 3.63) is 0 Å². The molecule has 0 radical (unpaired) electrons. The summed E-state index contributed by atoms with van der Waals surface area (Å²) in [6, 6.07) is 0. The predicted molar refractivity (Wildman–Crippen MR) is 58.3 cm³/mol. The first-order valence-electron chi connectivity index (χ1n) is 5.85. The van der Waals surface area contributed by atoms with Crippen molar-refractivity contribution < 1.29 is 14.6 Å². The molecule has 1 saturated carbocycles. The molecular weight excluding hydrogens is 192 g/mol. The van der Waals surface area contributed by atoms with Crippen LogP contribution in [0.5, 0.6) is 0 Å². The highest BCUT2D eigenvalue weighted by Crippen LogP contribution is 2.35. The number of rotatable bonds is 3. The first kappa shape index (κ1) is 12.5. The highest BCUT2D eigenvalue weighted by Gasteiger charge is 2.33. The van der Waals surface area contributed by atoms with Gasteiger partial charge in [0.15, 0.2) is 0 Å². The molecule has 0 aromatic rings. The molecule has 0 saturated heterocycles. The lowest BCUT2D eigenvalue weighted by Gasteiger charge is -2.36. The van der Waals surface area contributed by atoms with Gasteiger partial charge in [0.1, 0.15) is 12.7 Å². The molecular formula is C12H22O3. The third-order valence-corrected chi connectivity index (χ3v) is 3.37. The lowest BCUT2D eigenvalue weighted by molar-refractivity contribution is -0.159. The van der Waals surface area contributed by atoms with Gasteiger partial charge in [-0.25, -0.2) is 4.79 Å². The molecule has 0 heterocycles. The average Bonchev–Trinajstić information content (AvgIpc) is 2.17. The standard InChI is InChI=1S/C12H22O3/c1-8(2)10-5-4-9(3)6-11(10)15-12(14)7-13/h8-11,13H,4-7H2,1-3H3/t9-,10+,11-/m0/s1. The number of aliphatic hydroxyl groups excluding tert-OH is 1. The van der Waals surface area contributed by atoms with Crippen molar-refractivity contribution in [3.63, 3.8) is 0 Å². The van der Waals surface area contributed by atoms with Gasteiger partial charge < -0.3 is 9.84 Å². The van der Waals surface area contributed by atoms with Crippen LogP contribution in [0.3, 0.4) is 0 Å². The zero-order chi connectivity index (χ0) is 11.4. The molecule has 1 fully saturated rings. The molecule has 3 heteroatoms. The molecule has 0 aromatic carbocycles. The number of hydrogen-bond donors (Lipinski definition) is 1. The van der Waals surface area contributed by atoms with Crippen LogP contribution in [-0.4, -0.2) is 23.8 Å². The summed E-state index contributed by atoms with van der Waals surface area (Å²) in [6.07, 6.45) is 3.29. The molecule has 15 heavy (non-hydrogen) atoms. The monoisotopic (exact) mass is 214 g/mol. The third kappa shape index (κ3) is 3.49. The van der Waals surface area contributed by atoms with Gasteiger partial charge in [0.25, 0.3) is 0 Å². The van der Waals surface area contributed by atoms with Gasteiger partial charge in [-0.15, -0.1) is 0 Å². The minimum Gasteiger partial charge on any atom is -0.460 e. The summed E-state index contributed by atoms with van der Waals surface area (Å²) < 4.78 is 5.30. The highest BCUT2D eigenvalue weighted by atomic mass is 16.6. The van der Waals surface area contributed by atoms with Crippen LogP contribution in [0.25, 0.3) is 0 Å². The Balaban J connectivity index is 2.57. The molecule has 1 rings (SSSR count). The number of ether oxygens (including phenoxy) is 1. The topological polar surface area (TPSA) is 46.5 Å². The SMILES string of the molecule is CC(C)[C@H]1CC[C@H](C)C[C@@H]1OC(=O)CO. The Bertz CT molecular complexity index is 213. The molecule has 0 bridgehead atoms. The fourth-order valence-electron chi connectivity index (χ4n) is 2.46. The van der Waals surface area contributed by atoms with E-state index in [2.05, 4.69) is 20.8 Å². The van der Waals surface area contributed by atoms with E-state index in [1.165, 1.54) is 6.42 Å². The number of hydrogen-bond acceptors (Lipinski definition) is 3.